The first kappa shape index (κ1) is 19.5. The summed E-state index contributed by atoms with van der Waals surface area (Å²) in [5.74, 6) is 0.115. The Kier molecular flexibility index (Phi) is 5.81. The van der Waals surface area contributed by atoms with Gasteiger partial charge in [-0.1, -0.05) is 36.4 Å². The van der Waals surface area contributed by atoms with Gasteiger partial charge in [-0.2, -0.15) is 0 Å². The number of nitrogens with zero attached hydrogens (tertiary/aromatic N) is 1. The zero-order valence-corrected chi connectivity index (χ0v) is 16.4. The van der Waals surface area contributed by atoms with Gasteiger partial charge in [0.1, 0.15) is 0 Å². The van der Waals surface area contributed by atoms with Gasteiger partial charge in [0.25, 0.3) is 5.91 Å². The van der Waals surface area contributed by atoms with E-state index in [4.69, 9.17) is 0 Å². The number of hydrogen-bond acceptors (Lipinski definition) is 3. The van der Waals surface area contributed by atoms with Gasteiger partial charge in [-0.25, -0.2) is 4.79 Å². The standard InChI is InChI=1S/C23H27N3O3/c27-21(16-5-2-1-3-6-16)17-11-13-26(14-12-17)22(28)18-7-4-8-20(15-18)25-23(29)24-19-9-10-19/h1-8,15,17,19,21,27H,9-14H2,(H2,24,25,29). The molecule has 6 heteroatoms. The summed E-state index contributed by atoms with van der Waals surface area (Å²) in [6, 6.07) is 16.8. The van der Waals surface area contributed by atoms with Crippen molar-refractivity contribution in [2.45, 2.75) is 37.8 Å². The van der Waals surface area contributed by atoms with Crippen LogP contribution in [-0.4, -0.2) is 41.1 Å². The lowest BCUT2D eigenvalue weighted by Gasteiger charge is -2.34. The van der Waals surface area contributed by atoms with Gasteiger partial charge in [0, 0.05) is 30.4 Å². The lowest BCUT2D eigenvalue weighted by Crippen LogP contribution is -2.39. The van der Waals surface area contributed by atoms with Crippen molar-refractivity contribution in [1.82, 2.24) is 10.2 Å². The Balaban J connectivity index is 1.33. The summed E-state index contributed by atoms with van der Waals surface area (Å²) in [5, 5.41) is 16.3. The van der Waals surface area contributed by atoms with Crippen LogP contribution in [0.1, 0.15) is 47.7 Å². The van der Waals surface area contributed by atoms with Crippen molar-refractivity contribution >= 4 is 17.6 Å². The highest BCUT2D eigenvalue weighted by Gasteiger charge is 2.29. The molecule has 1 aliphatic carbocycles. The molecular weight excluding hydrogens is 366 g/mol. The molecule has 0 radical (unpaired) electrons. The van der Waals surface area contributed by atoms with Crippen molar-refractivity contribution in [3.63, 3.8) is 0 Å². The fraction of sp³-hybridized carbons (Fsp3) is 0.391. The molecule has 2 aromatic rings. The van der Waals surface area contributed by atoms with Crippen molar-refractivity contribution in [1.29, 1.82) is 0 Å². The molecule has 0 spiro atoms. The maximum Gasteiger partial charge on any atom is 0.319 e. The zero-order chi connectivity index (χ0) is 20.2. The van der Waals surface area contributed by atoms with Crippen LogP contribution < -0.4 is 10.6 Å². The van der Waals surface area contributed by atoms with E-state index in [1.54, 1.807) is 24.3 Å². The number of hydrogen-bond donors (Lipinski definition) is 3. The second kappa shape index (κ2) is 8.66. The number of likely N-dealkylation sites (tertiary alicyclic amines) is 1. The van der Waals surface area contributed by atoms with Gasteiger partial charge in [0.15, 0.2) is 0 Å². The summed E-state index contributed by atoms with van der Waals surface area (Å²) in [4.78, 5) is 26.7. The first-order valence-electron chi connectivity index (χ1n) is 10.3. The quantitative estimate of drug-likeness (QED) is 0.727. The first-order valence-corrected chi connectivity index (χ1v) is 10.3. The molecule has 1 saturated heterocycles. The summed E-state index contributed by atoms with van der Waals surface area (Å²) in [5.41, 5.74) is 2.11. The van der Waals surface area contributed by atoms with Gasteiger partial charge >= 0.3 is 6.03 Å². The monoisotopic (exact) mass is 393 g/mol. The fourth-order valence-corrected chi connectivity index (χ4v) is 3.83. The van der Waals surface area contributed by atoms with Gasteiger partial charge in [-0.15, -0.1) is 0 Å². The Hall–Kier alpha value is -2.86. The molecule has 4 rings (SSSR count). The van der Waals surface area contributed by atoms with E-state index in [9.17, 15) is 14.7 Å². The van der Waals surface area contributed by atoms with Gasteiger partial charge < -0.3 is 20.6 Å². The minimum atomic E-state index is -0.494. The molecule has 3 N–H and O–H groups in total. The average molecular weight is 393 g/mol. The predicted molar refractivity (Wildman–Crippen MR) is 112 cm³/mol. The number of piperidine rings is 1. The summed E-state index contributed by atoms with van der Waals surface area (Å²) in [6.07, 6.45) is 3.10. The number of benzene rings is 2. The molecule has 29 heavy (non-hydrogen) atoms. The molecule has 0 aromatic heterocycles. The maximum absolute atomic E-state index is 12.9. The molecule has 1 heterocycles. The lowest BCUT2D eigenvalue weighted by atomic mass is 9.87. The molecule has 3 amide bonds. The molecule has 2 aromatic carbocycles. The number of carbonyl (C=O) groups is 2. The normalized spacial score (nSPS) is 18.2. The van der Waals surface area contributed by atoms with Gasteiger partial charge in [-0.05, 0) is 55.4 Å². The SMILES string of the molecule is O=C(Nc1cccc(C(=O)N2CCC(C(O)c3ccccc3)CC2)c1)NC1CC1. The Labute approximate surface area is 170 Å². The van der Waals surface area contributed by atoms with Gasteiger partial charge in [0.2, 0.25) is 0 Å². The Bertz CT molecular complexity index is 859. The van der Waals surface area contributed by atoms with Crippen LogP contribution in [0.5, 0.6) is 0 Å². The van der Waals surface area contributed by atoms with Crippen molar-refractivity contribution in [2.24, 2.45) is 5.92 Å². The fourth-order valence-electron chi connectivity index (χ4n) is 3.83. The van der Waals surface area contributed by atoms with Crippen molar-refractivity contribution < 1.29 is 14.7 Å². The number of anilines is 1. The molecule has 1 aliphatic heterocycles. The van der Waals surface area contributed by atoms with Crippen LogP contribution in [0.25, 0.3) is 0 Å². The van der Waals surface area contributed by atoms with Crippen molar-refractivity contribution in [2.75, 3.05) is 18.4 Å². The highest BCUT2D eigenvalue weighted by molar-refractivity contribution is 5.97. The number of amides is 3. The molecule has 1 saturated carbocycles. The maximum atomic E-state index is 12.9. The number of rotatable bonds is 5. The van der Waals surface area contributed by atoms with E-state index in [-0.39, 0.29) is 23.9 Å². The van der Waals surface area contributed by atoms with E-state index in [0.717, 1.165) is 31.2 Å². The van der Waals surface area contributed by atoms with Gasteiger partial charge in [0.05, 0.1) is 6.10 Å². The third-order valence-corrected chi connectivity index (χ3v) is 5.69. The second-order valence-corrected chi connectivity index (χ2v) is 7.94. The molecule has 1 atom stereocenters. The van der Waals surface area contributed by atoms with Gasteiger partial charge in [-0.3, -0.25) is 4.79 Å². The van der Waals surface area contributed by atoms with Crippen LogP contribution in [0, 0.1) is 5.92 Å². The van der Waals surface area contributed by atoms with Crippen LogP contribution in [0.3, 0.4) is 0 Å². The van der Waals surface area contributed by atoms with Crippen LogP contribution >= 0.6 is 0 Å². The summed E-state index contributed by atoms with van der Waals surface area (Å²) >= 11 is 0. The van der Waals surface area contributed by atoms with Crippen molar-refractivity contribution in [3.8, 4) is 0 Å². The molecule has 1 unspecified atom stereocenters. The van der Waals surface area contributed by atoms with E-state index >= 15 is 0 Å². The molecule has 0 bridgehead atoms. The lowest BCUT2D eigenvalue weighted by molar-refractivity contribution is 0.0462. The summed E-state index contributed by atoms with van der Waals surface area (Å²) in [6.45, 7) is 1.24. The predicted octanol–water partition coefficient (Wildman–Crippen LogP) is 3.56. The van der Waals surface area contributed by atoms with Crippen LogP contribution in [0.4, 0.5) is 10.5 Å². The number of urea groups is 1. The average Bonchev–Trinajstić information content (AvgIpc) is 3.57. The third-order valence-electron chi connectivity index (χ3n) is 5.69. The van der Waals surface area contributed by atoms with E-state index < -0.39 is 6.10 Å². The Morgan fingerprint density at radius 3 is 2.38 bits per heavy atom. The first-order chi connectivity index (χ1) is 14.1. The van der Waals surface area contributed by atoms with E-state index in [2.05, 4.69) is 10.6 Å². The smallest absolute Gasteiger partial charge is 0.319 e. The summed E-state index contributed by atoms with van der Waals surface area (Å²) < 4.78 is 0. The van der Waals surface area contributed by atoms with Crippen LogP contribution in [0.15, 0.2) is 54.6 Å². The Morgan fingerprint density at radius 1 is 0.966 bits per heavy atom. The third kappa shape index (κ3) is 4.95. The molecule has 2 fully saturated rings. The highest BCUT2D eigenvalue weighted by Crippen LogP contribution is 2.31. The zero-order valence-electron chi connectivity index (χ0n) is 16.4. The molecule has 152 valence electrons. The minimum absolute atomic E-state index is 0.0381. The Morgan fingerprint density at radius 2 is 1.69 bits per heavy atom. The molecular formula is C23H27N3O3. The summed E-state index contributed by atoms with van der Waals surface area (Å²) in [7, 11) is 0. The van der Waals surface area contributed by atoms with E-state index in [0.29, 0.717) is 24.3 Å². The van der Waals surface area contributed by atoms with E-state index in [1.807, 2.05) is 35.2 Å². The number of nitrogens with one attached hydrogen (secondary N) is 2. The van der Waals surface area contributed by atoms with Crippen LogP contribution in [-0.2, 0) is 0 Å². The number of aliphatic hydroxyl groups is 1. The topological polar surface area (TPSA) is 81.7 Å². The second-order valence-electron chi connectivity index (χ2n) is 7.94. The van der Waals surface area contributed by atoms with Crippen LogP contribution in [0.2, 0.25) is 0 Å². The largest absolute Gasteiger partial charge is 0.388 e. The molecule has 6 nitrogen and oxygen atoms in total. The number of carbonyl (C=O) groups excluding carboxylic acids is 2. The molecule has 2 aliphatic rings. The number of aliphatic hydroxyl groups excluding tert-OH is 1. The van der Waals surface area contributed by atoms with E-state index in [1.165, 1.54) is 0 Å². The van der Waals surface area contributed by atoms with Crippen molar-refractivity contribution in [3.05, 3.63) is 65.7 Å². The highest BCUT2D eigenvalue weighted by atomic mass is 16.3. The minimum Gasteiger partial charge on any atom is -0.388 e.